The second-order valence-electron chi connectivity index (χ2n) is 8.33. The van der Waals surface area contributed by atoms with Crippen LogP contribution in [0.5, 0.6) is 0 Å². The highest BCUT2D eigenvalue weighted by atomic mass is 35.5. The second-order valence-corrected chi connectivity index (χ2v) is 10.0. The maximum absolute atomic E-state index is 13.9. The van der Waals surface area contributed by atoms with Gasteiger partial charge in [-0.25, -0.2) is 8.78 Å². The molecule has 8 nitrogen and oxygen atoms in total. The molecule has 1 atom stereocenters. The maximum Gasteiger partial charge on any atom is 0.265 e. The fourth-order valence-electron chi connectivity index (χ4n) is 3.38. The zero-order chi connectivity index (χ0) is 25.5. The van der Waals surface area contributed by atoms with E-state index in [2.05, 4.69) is 16.0 Å². The van der Waals surface area contributed by atoms with Crippen LogP contribution >= 0.6 is 22.9 Å². The van der Waals surface area contributed by atoms with Crippen LogP contribution < -0.4 is 20.9 Å². The number of anilines is 2. The first-order valence-electron chi connectivity index (χ1n) is 11.0. The Balaban J connectivity index is 1.74. The van der Waals surface area contributed by atoms with Crippen LogP contribution in [0.15, 0.2) is 30.3 Å². The summed E-state index contributed by atoms with van der Waals surface area (Å²) in [6, 6.07) is 6.36. The number of amides is 3. The number of thiophene rings is 1. The molecule has 1 aromatic carbocycles. The summed E-state index contributed by atoms with van der Waals surface area (Å²) in [4.78, 5) is 39.3. The number of carbonyl (C=O) groups is 3. The minimum atomic E-state index is -2.88. The number of nitrogens with one attached hydrogen (secondary N) is 3. The summed E-state index contributed by atoms with van der Waals surface area (Å²) in [5.74, 6) is -1.08. The zero-order valence-corrected chi connectivity index (χ0v) is 20.8. The molecule has 1 aromatic heterocycles. The minimum Gasteiger partial charge on any atom is -0.370 e. The van der Waals surface area contributed by atoms with Crippen molar-refractivity contribution in [3.63, 3.8) is 0 Å². The van der Waals surface area contributed by atoms with Crippen LogP contribution in [0.1, 0.15) is 35.5 Å². The van der Waals surface area contributed by atoms with Gasteiger partial charge < -0.3 is 25.6 Å². The monoisotopic (exact) mass is 528 g/mol. The summed E-state index contributed by atoms with van der Waals surface area (Å²) in [6.45, 7) is 4.76. The Morgan fingerprint density at radius 2 is 1.97 bits per heavy atom. The summed E-state index contributed by atoms with van der Waals surface area (Å²) < 4.78 is 33.3. The molecule has 0 unspecified atom stereocenters. The number of hydrogen-bond acceptors (Lipinski definition) is 6. The molecule has 0 saturated carbocycles. The number of carbonyl (C=O) groups excluding carboxylic acids is 3. The topological polar surface area (TPSA) is 99.8 Å². The highest BCUT2D eigenvalue weighted by Crippen LogP contribution is 2.32. The molecular weight excluding hydrogens is 502 g/mol. The summed E-state index contributed by atoms with van der Waals surface area (Å²) in [5, 5.41) is 8.29. The van der Waals surface area contributed by atoms with E-state index in [4.69, 9.17) is 16.3 Å². The first kappa shape index (κ1) is 27.0. The lowest BCUT2D eigenvalue weighted by Gasteiger charge is -2.28. The third-order valence-corrected chi connectivity index (χ3v) is 6.41. The molecule has 2 aromatic rings. The van der Waals surface area contributed by atoms with Gasteiger partial charge in [-0.3, -0.25) is 14.4 Å². The quantitative estimate of drug-likeness (QED) is 0.437. The van der Waals surface area contributed by atoms with Crippen LogP contribution in [0.3, 0.4) is 0 Å². The summed E-state index contributed by atoms with van der Waals surface area (Å²) in [7, 11) is 0. The molecular formula is C23H27ClF2N4O4S. The van der Waals surface area contributed by atoms with Crippen LogP contribution in [0, 0.1) is 5.92 Å². The summed E-state index contributed by atoms with van der Waals surface area (Å²) in [6.07, 6.45) is -2.88. The van der Waals surface area contributed by atoms with Gasteiger partial charge in [-0.15, -0.1) is 11.3 Å². The van der Waals surface area contributed by atoms with E-state index in [1.807, 2.05) is 13.8 Å². The average molecular weight is 529 g/mol. The van der Waals surface area contributed by atoms with Gasteiger partial charge in [0.05, 0.1) is 15.8 Å². The molecule has 1 saturated heterocycles. The van der Waals surface area contributed by atoms with Gasteiger partial charge in [0.15, 0.2) is 0 Å². The van der Waals surface area contributed by atoms with Crippen LogP contribution in [0.4, 0.5) is 20.2 Å². The SMILES string of the molecule is CC(C)CN[C@@H](CNC(=O)c1ccc(Cl)s1)C(=O)Nc1ccc(N2CCOCC2=O)cc1C(F)F. The van der Waals surface area contributed by atoms with E-state index in [9.17, 15) is 23.2 Å². The van der Waals surface area contributed by atoms with Gasteiger partial charge in [-0.2, -0.15) is 0 Å². The third-order valence-electron chi connectivity index (χ3n) is 5.18. The molecule has 0 bridgehead atoms. The van der Waals surface area contributed by atoms with E-state index in [0.29, 0.717) is 28.1 Å². The van der Waals surface area contributed by atoms with Crippen LogP contribution in [-0.4, -0.2) is 56.6 Å². The van der Waals surface area contributed by atoms with E-state index in [1.54, 1.807) is 12.1 Å². The Morgan fingerprint density at radius 1 is 1.20 bits per heavy atom. The van der Waals surface area contributed by atoms with Gasteiger partial charge in [0.1, 0.15) is 12.6 Å². The Hall–Kier alpha value is -2.60. The van der Waals surface area contributed by atoms with Crippen molar-refractivity contribution < 1.29 is 27.9 Å². The van der Waals surface area contributed by atoms with Gasteiger partial charge in [0, 0.05) is 30.0 Å². The smallest absolute Gasteiger partial charge is 0.265 e. The number of morpholine rings is 1. The molecule has 2 heterocycles. The zero-order valence-electron chi connectivity index (χ0n) is 19.3. The average Bonchev–Trinajstić information content (AvgIpc) is 3.25. The molecule has 3 amide bonds. The highest BCUT2D eigenvalue weighted by molar-refractivity contribution is 7.18. The number of nitrogens with zero attached hydrogens (tertiary/aromatic N) is 1. The normalized spacial score (nSPS) is 14.9. The van der Waals surface area contributed by atoms with Crippen LogP contribution in [0.25, 0.3) is 0 Å². The maximum atomic E-state index is 13.9. The van der Waals surface area contributed by atoms with Crippen molar-refractivity contribution in [1.82, 2.24) is 10.6 Å². The number of benzene rings is 1. The number of rotatable bonds is 10. The molecule has 35 heavy (non-hydrogen) atoms. The fourth-order valence-corrected chi connectivity index (χ4v) is 4.34. The first-order chi connectivity index (χ1) is 16.7. The molecule has 3 rings (SSSR count). The van der Waals surface area contributed by atoms with Crippen molar-refractivity contribution in [1.29, 1.82) is 0 Å². The minimum absolute atomic E-state index is 0.0583. The van der Waals surface area contributed by atoms with Crippen molar-refractivity contribution >= 4 is 52.0 Å². The van der Waals surface area contributed by atoms with Crippen molar-refractivity contribution in [3.8, 4) is 0 Å². The molecule has 190 valence electrons. The van der Waals surface area contributed by atoms with Crippen molar-refractivity contribution in [2.24, 2.45) is 5.92 Å². The second kappa shape index (κ2) is 12.4. The largest absolute Gasteiger partial charge is 0.370 e. The van der Waals surface area contributed by atoms with Crippen LogP contribution in [0.2, 0.25) is 4.34 Å². The third kappa shape index (κ3) is 7.44. The Kier molecular flexibility index (Phi) is 9.55. The standard InChI is InChI=1S/C23H27ClF2N4O4S/c1-13(2)10-27-17(11-28-23(33)18-5-6-19(24)35-18)22(32)29-16-4-3-14(9-15(16)21(25)26)30-7-8-34-12-20(30)31/h3-6,9,13,17,21,27H,7-8,10-12H2,1-2H3,(H,28,33)(H,29,32)/t17-/m0/s1. The van der Waals surface area contributed by atoms with E-state index in [-0.39, 0.29) is 43.1 Å². The highest BCUT2D eigenvalue weighted by Gasteiger charge is 2.25. The number of halogens is 3. The van der Waals surface area contributed by atoms with Crippen LogP contribution in [-0.2, 0) is 14.3 Å². The van der Waals surface area contributed by atoms with E-state index in [0.717, 1.165) is 11.3 Å². The number of hydrogen-bond donors (Lipinski definition) is 3. The molecule has 0 spiro atoms. The molecule has 1 aliphatic rings. The Labute approximate surface area is 211 Å². The fraction of sp³-hybridized carbons (Fsp3) is 0.435. The van der Waals surface area contributed by atoms with Gasteiger partial charge in [0.2, 0.25) is 5.91 Å². The predicted octanol–water partition coefficient (Wildman–Crippen LogP) is 3.69. The summed E-state index contributed by atoms with van der Waals surface area (Å²) >= 11 is 6.98. The summed E-state index contributed by atoms with van der Waals surface area (Å²) in [5.41, 5.74) is -0.167. The molecule has 1 fully saturated rings. The lowest BCUT2D eigenvalue weighted by atomic mass is 10.1. The van der Waals surface area contributed by atoms with E-state index in [1.165, 1.54) is 23.1 Å². The Morgan fingerprint density at radius 3 is 2.60 bits per heavy atom. The molecule has 0 aliphatic carbocycles. The molecule has 0 radical (unpaired) electrons. The van der Waals surface area contributed by atoms with Crippen molar-refractivity contribution in [2.75, 3.05) is 43.1 Å². The van der Waals surface area contributed by atoms with E-state index < -0.39 is 23.9 Å². The lowest BCUT2D eigenvalue weighted by Crippen LogP contribution is -2.49. The van der Waals surface area contributed by atoms with Gasteiger partial charge in [0.25, 0.3) is 18.2 Å². The lowest BCUT2D eigenvalue weighted by molar-refractivity contribution is -0.125. The molecule has 3 N–H and O–H groups in total. The van der Waals surface area contributed by atoms with Crippen molar-refractivity contribution in [3.05, 3.63) is 45.1 Å². The van der Waals surface area contributed by atoms with Gasteiger partial charge in [-0.1, -0.05) is 25.4 Å². The predicted molar refractivity (Wildman–Crippen MR) is 131 cm³/mol. The number of alkyl halides is 2. The van der Waals surface area contributed by atoms with Gasteiger partial charge in [-0.05, 0) is 42.8 Å². The van der Waals surface area contributed by atoms with Gasteiger partial charge >= 0.3 is 0 Å². The van der Waals surface area contributed by atoms with Crippen molar-refractivity contribution in [2.45, 2.75) is 26.3 Å². The number of ether oxygens (including phenoxy) is 1. The molecule has 12 heteroatoms. The Bertz CT molecular complexity index is 1070. The molecule has 1 aliphatic heterocycles. The first-order valence-corrected chi connectivity index (χ1v) is 12.2. The van der Waals surface area contributed by atoms with E-state index >= 15 is 0 Å².